The fourth-order valence-electron chi connectivity index (χ4n) is 2.88. The lowest BCUT2D eigenvalue weighted by Crippen LogP contribution is -2.43. The summed E-state index contributed by atoms with van der Waals surface area (Å²) in [7, 11) is -3.81. The van der Waals surface area contributed by atoms with Gasteiger partial charge in [-0.2, -0.15) is 5.10 Å². The van der Waals surface area contributed by atoms with Crippen molar-refractivity contribution in [2.75, 3.05) is 6.61 Å². The van der Waals surface area contributed by atoms with Gasteiger partial charge in [0, 0.05) is 17.8 Å². The van der Waals surface area contributed by atoms with E-state index in [4.69, 9.17) is 14.6 Å². The zero-order chi connectivity index (χ0) is 17.5. The van der Waals surface area contributed by atoms with Gasteiger partial charge in [-0.15, -0.1) is 0 Å². The summed E-state index contributed by atoms with van der Waals surface area (Å²) in [6.45, 7) is 0.153. The van der Waals surface area contributed by atoms with Crippen LogP contribution in [-0.2, 0) is 15.6 Å². The van der Waals surface area contributed by atoms with E-state index in [2.05, 4.69) is 10.2 Å². The van der Waals surface area contributed by atoms with E-state index < -0.39 is 15.6 Å². The molecule has 0 saturated heterocycles. The first kappa shape index (κ1) is 15.7. The van der Waals surface area contributed by atoms with Crippen molar-refractivity contribution < 1.29 is 17.9 Å². The van der Waals surface area contributed by atoms with Crippen LogP contribution in [0.15, 0.2) is 65.7 Å². The zero-order valence-electron chi connectivity index (χ0n) is 13.0. The van der Waals surface area contributed by atoms with E-state index in [9.17, 15) is 8.42 Å². The quantitative estimate of drug-likeness (QED) is 0.743. The summed E-state index contributed by atoms with van der Waals surface area (Å²) in [6, 6.07) is 15.7. The van der Waals surface area contributed by atoms with Gasteiger partial charge in [0.05, 0.1) is 10.6 Å². The molecule has 1 aliphatic heterocycles. The molecular weight excluding hydrogens is 342 g/mol. The van der Waals surface area contributed by atoms with Gasteiger partial charge in [-0.05, 0) is 18.2 Å². The van der Waals surface area contributed by atoms with E-state index in [1.54, 1.807) is 12.3 Å². The van der Waals surface area contributed by atoms with Gasteiger partial charge in [0.25, 0.3) is 0 Å². The van der Waals surface area contributed by atoms with Crippen molar-refractivity contribution >= 4 is 10.0 Å². The van der Waals surface area contributed by atoms with E-state index in [0.717, 1.165) is 11.3 Å². The van der Waals surface area contributed by atoms with Crippen molar-refractivity contribution in [2.45, 2.75) is 10.5 Å². The molecule has 3 N–H and O–H groups in total. The van der Waals surface area contributed by atoms with Crippen LogP contribution < -0.4 is 14.6 Å². The van der Waals surface area contributed by atoms with Gasteiger partial charge in [-0.25, -0.2) is 13.6 Å². The van der Waals surface area contributed by atoms with Crippen LogP contribution in [0.25, 0.3) is 0 Å². The lowest BCUT2D eigenvalue weighted by Gasteiger charge is -2.38. The minimum atomic E-state index is -3.81. The Morgan fingerprint density at radius 2 is 1.88 bits per heavy atom. The highest BCUT2D eigenvalue weighted by Crippen LogP contribution is 2.43. The second-order valence-corrected chi connectivity index (χ2v) is 7.27. The monoisotopic (exact) mass is 357 g/mol. The summed E-state index contributed by atoms with van der Waals surface area (Å²) >= 11 is 0. The fourth-order valence-corrected chi connectivity index (χ4v) is 3.41. The molecule has 0 amide bonds. The van der Waals surface area contributed by atoms with Crippen LogP contribution in [0.1, 0.15) is 11.3 Å². The molecule has 0 spiro atoms. The van der Waals surface area contributed by atoms with Gasteiger partial charge in [-0.1, -0.05) is 30.3 Å². The first-order valence-electron chi connectivity index (χ1n) is 7.53. The van der Waals surface area contributed by atoms with E-state index in [0.29, 0.717) is 11.5 Å². The summed E-state index contributed by atoms with van der Waals surface area (Å²) in [5.41, 5.74) is 0.716. The maximum Gasteiger partial charge on any atom is 0.238 e. The molecule has 8 heteroatoms. The number of nitrogens with zero attached hydrogens (tertiary/aromatic N) is 1. The van der Waals surface area contributed by atoms with Crippen LogP contribution >= 0.6 is 0 Å². The maximum atomic E-state index is 11.5. The minimum absolute atomic E-state index is 0.0244. The molecule has 25 heavy (non-hydrogen) atoms. The van der Waals surface area contributed by atoms with Crippen molar-refractivity contribution in [2.24, 2.45) is 5.14 Å². The van der Waals surface area contributed by atoms with Crippen LogP contribution in [0.5, 0.6) is 11.5 Å². The molecule has 2 heterocycles. The SMILES string of the molecule is NS(=O)(=O)c1ccc2c(c1)OCC(c1ccccc1)(c1ccn[nH]1)O2. The predicted octanol–water partition coefficient (Wildman–Crippen LogP) is 1.77. The number of H-pyrrole nitrogens is 1. The largest absolute Gasteiger partial charge is 0.485 e. The number of fused-ring (bicyclic) bond motifs is 1. The molecule has 128 valence electrons. The summed E-state index contributed by atoms with van der Waals surface area (Å²) in [6.07, 6.45) is 1.64. The van der Waals surface area contributed by atoms with E-state index in [1.807, 2.05) is 36.4 Å². The van der Waals surface area contributed by atoms with E-state index in [-0.39, 0.29) is 11.5 Å². The number of nitrogens with two attached hydrogens (primary N) is 1. The third-order valence-corrected chi connectivity index (χ3v) is 5.05. The molecule has 7 nitrogen and oxygen atoms in total. The molecule has 1 unspecified atom stereocenters. The number of hydrogen-bond donors (Lipinski definition) is 2. The van der Waals surface area contributed by atoms with Crippen LogP contribution in [0.4, 0.5) is 0 Å². The molecular formula is C17H15N3O4S. The Bertz CT molecular complexity index is 1000. The maximum absolute atomic E-state index is 11.5. The molecule has 0 radical (unpaired) electrons. The highest BCUT2D eigenvalue weighted by atomic mass is 32.2. The standard InChI is InChI=1S/C17H15N3O4S/c18-25(21,22)13-6-7-14-15(10-13)23-11-17(24-14,16-8-9-19-20-16)12-4-2-1-3-5-12/h1-10H,11H2,(H,19,20)(H2,18,21,22). The molecule has 2 aromatic carbocycles. The Kier molecular flexibility index (Phi) is 3.52. The molecule has 1 aliphatic rings. The highest BCUT2D eigenvalue weighted by Gasteiger charge is 2.43. The van der Waals surface area contributed by atoms with Crippen LogP contribution in [0, 0.1) is 0 Å². The molecule has 0 fully saturated rings. The summed E-state index contributed by atoms with van der Waals surface area (Å²) in [5.74, 6) is 0.759. The van der Waals surface area contributed by atoms with Gasteiger partial charge >= 0.3 is 0 Å². The Hall–Kier alpha value is -2.84. The molecule has 1 atom stereocenters. The summed E-state index contributed by atoms with van der Waals surface area (Å²) in [4.78, 5) is -0.0244. The second kappa shape index (κ2) is 5.61. The van der Waals surface area contributed by atoms with Gasteiger partial charge in [0.1, 0.15) is 6.61 Å². The van der Waals surface area contributed by atoms with Crippen LogP contribution in [-0.4, -0.2) is 25.2 Å². The van der Waals surface area contributed by atoms with E-state index in [1.165, 1.54) is 12.1 Å². The van der Waals surface area contributed by atoms with Crippen LogP contribution in [0.3, 0.4) is 0 Å². The average molecular weight is 357 g/mol. The Labute approximate surface area is 144 Å². The van der Waals surface area contributed by atoms with Crippen molar-refractivity contribution in [1.29, 1.82) is 0 Å². The second-order valence-electron chi connectivity index (χ2n) is 5.71. The average Bonchev–Trinajstić information content (AvgIpc) is 3.16. The Morgan fingerprint density at radius 3 is 2.56 bits per heavy atom. The number of ether oxygens (including phenoxy) is 2. The number of nitrogens with one attached hydrogen (secondary N) is 1. The topological polar surface area (TPSA) is 107 Å². The van der Waals surface area contributed by atoms with E-state index >= 15 is 0 Å². The van der Waals surface area contributed by atoms with Crippen molar-refractivity contribution in [3.05, 3.63) is 72.1 Å². The lowest BCUT2D eigenvalue weighted by atomic mass is 9.90. The van der Waals surface area contributed by atoms with Gasteiger partial charge in [0.2, 0.25) is 15.6 Å². The number of benzene rings is 2. The van der Waals surface area contributed by atoms with Gasteiger partial charge in [-0.3, -0.25) is 5.10 Å². The number of sulfonamides is 1. The lowest BCUT2D eigenvalue weighted by molar-refractivity contribution is 0.0169. The summed E-state index contributed by atoms with van der Waals surface area (Å²) < 4.78 is 35.2. The normalized spacial score (nSPS) is 19.6. The Morgan fingerprint density at radius 1 is 1.08 bits per heavy atom. The summed E-state index contributed by atoms with van der Waals surface area (Å²) in [5, 5.41) is 12.1. The molecule has 1 aromatic heterocycles. The molecule has 3 aromatic rings. The number of hydrogen-bond acceptors (Lipinski definition) is 5. The Balaban J connectivity index is 1.82. The fraction of sp³-hybridized carbons (Fsp3) is 0.118. The third-order valence-electron chi connectivity index (χ3n) is 4.13. The highest BCUT2D eigenvalue weighted by molar-refractivity contribution is 7.89. The van der Waals surface area contributed by atoms with Crippen molar-refractivity contribution in [1.82, 2.24) is 10.2 Å². The number of rotatable bonds is 3. The van der Waals surface area contributed by atoms with Crippen LogP contribution in [0.2, 0.25) is 0 Å². The van der Waals surface area contributed by atoms with Crippen molar-refractivity contribution in [3.63, 3.8) is 0 Å². The van der Waals surface area contributed by atoms with Gasteiger partial charge in [0.15, 0.2) is 11.5 Å². The third kappa shape index (κ3) is 2.65. The van der Waals surface area contributed by atoms with Gasteiger partial charge < -0.3 is 9.47 Å². The number of aromatic nitrogens is 2. The zero-order valence-corrected chi connectivity index (χ0v) is 13.9. The molecule has 0 bridgehead atoms. The first-order valence-corrected chi connectivity index (χ1v) is 9.08. The predicted molar refractivity (Wildman–Crippen MR) is 89.7 cm³/mol. The molecule has 4 rings (SSSR count). The molecule has 0 aliphatic carbocycles. The minimum Gasteiger partial charge on any atom is -0.485 e. The smallest absolute Gasteiger partial charge is 0.238 e. The van der Waals surface area contributed by atoms with Crippen molar-refractivity contribution in [3.8, 4) is 11.5 Å². The molecule has 0 saturated carbocycles. The first-order chi connectivity index (χ1) is 12.0. The number of aromatic amines is 1. The number of primary sulfonamides is 1.